The molecule has 0 aliphatic heterocycles. The molecule has 4 heteroatoms. The van der Waals surface area contributed by atoms with Crippen LogP contribution in [-0.2, 0) is 6.42 Å². The molecule has 3 nitrogen and oxygen atoms in total. The molecule has 9 heavy (non-hydrogen) atoms. The van der Waals surface area contributed by atoms with Crippen molar-refractivity contribution in [2.24, 2.45) is 0 Å². The van der Waals surface area contributed by atoms with Crippen LogP contribution in [0.5, 0.6) is 0 Å². The van der Waals surface area contributed by atoms with Gasteiger partial charge in [0.15, 0.2) is 0 Å². The Morgan fingerprint density at radius 1 is 1.56 bits per heavy atom. The average Bonchev–Trinajstić information content (AvgIpc) is 2.34. The highest BCUT2D eigenvalue weighted by atomic mass is 32.2. The summed E-state index contributed by atoms with van der Waals surface area (Å²) in [4.78, 5) is 0. The van der Waals surface area contributed by atoms with Crippen molar-refractivity contribution in [3.63, 3.8) is 0 Å². The van der Waals surface area contributed by atoms with Crippen LogP contribution in [0.1, 0.15) is 12.8 Å². The third-order valence-corrected chi connectivity index (χ3v) is 1.44. The summed E-state index contributed by atoms with van der Waals surface area (Å²) in [5.41, 5.74) is 0. The Kier molecular flexibility index (Phi) is 2.10. The fraction of sp³-hybridized carbons (Fsp3) is 0.600. The molecule has 0 N–H and O–H groups in total. The van der Waals surface area contributed by atoms with Gasteiger partial charge in [-0.05, 0) is 6.26 Å². The number of nitrogens with zero attached hydrogens (tertiary/aromatic N) is 2. The first-order chi connectivity index (χ1) is 4.36. The Morgan fingerprint density at radius 3 is 2.67 bits per heavy atom. The summed E-state index contributed by atoms with van der Waals surface area (Å²) in [6.07, 6.45) is 2.72. The van der Waals surface area contributed by atoms with Gasteiger partial charge in [0.25, 0.3) is 5.22 Å². The third kappa shape index (κ3) is 1.45. The topological polar surface area (TPSA) is 38.9 Å². The molecule has 0 spiro atoms. The maximum Gasteiger partial charge on any atom is 0.276 e. The largest absolute Gasteiger partial charge is 0.416 e. The molecule has 0 amide bonds. The van der Waals surface area contributed by atoms with Gasteiger partial charge >= 0.3 is 0 Å². The fourth-order valence-electron chi connectivity index (χ4n) is 0.464. The normalized spacial score (nSPS) is 10.0. The zero-order valence-corrected chi connectivity index (χ0v) is 6.23. The van der Waals surface area contributed by atoms with Gasteiger partial charge in [0.2, 0.25) is 5.89 Å². The number of aryl methyl sites for hydroxylation is 1. The zero-order valence-electron chi connectivity index (χ0n) is 5.42. The number of hydrogen-bond donors (Lipinski definition) is 0. The predicted octanol–water partition coefficient (Wildman–Crippen LogP) is 1.35. The van der Waals surface area contributed by atoms with Crippen LogP contribution in [0.4, 0.5) is 0 Å². The summed E-state index contributed by atoms with van der Waals surface area (Å²) >= 11 is 1.46. The van der Waals surface area contributed by atoms with Crippen LogP contribution in [0.15, 0.2) is 9.64 Å². The monoisotopic (exact) mass is 144 g/mol. The zero-order chi connectivity index (χ0) is 6.69. The van der Waals surface area contributed by atoms with Crippen molar-refractivity contribution in [3.05, 3.63) is 5.89 Å². The minimum absolute atomic E-state index is 0.645. The lowest BCUT2D eigenvalue weighted by Gasteiger charge is -1.80. The Balaban J connectivity index is 2.74. The van der Waals surface area contributed by atoms with Crippen LogP contribution >= 0.6 is 11.8 Å². The summed E-state index contributed by atoms with van der Waals surface area (Å²) in [5.74, 6) is 0.708. The molecule has 0 aliphatic carbocycles. The standard InChI is InChI=1S/C5H8N2OS/c1-3-4-6-7-5(8-4)9-2/h3H2,1-2H3. The first-order valence-corrected chi connectivity index (χ1v) is 3.95. The highest BCUT2D eigenvalue weighted by Gasteiger charge is 1.99. The van der Waals surface area contributed by atoms with E-state index in [4.69, 9.17) is 4.42 Å². The molecule has 50 valence electrons. The van der Waals surface area contributed by atoms with E-state index in [9.17, 15) is 0 Å². The molecule has 1 rings (SSSR count). The number of aromatic nitrogens is 2. The van der Waals surface area contributed by atoms with Gasteiger partial charge in [-0.2, -0.15) is 0 Å². The summed E-state index contributed by atoms with van der Waals surface area (Å²) in [7, 11) is 0. The Labute approximate surface area is 57.9 Å². The van der Waals surface area contributed by atoms with E-state index in [0.29, 0.717) is 11.1 Å². The SMILES string of the molecule is CCc1nnc(SC)o1. The van der Waals surface area contributed by atoms with Gasteiger partial charge < -0.3 is 4.42 Å². The average molecular weight is 144 g/mol. The van der Waals surface area contributed by atoms with E-state index in [2.05, 4.69) is 10.2 Å². The lowest BCUT2D eigenvalue weighted by molar-refractivity contribution is 0.417. The molecule has 1 heterocycles. The molecule has 1 aromatic rings. The molecule has 0 saturated carbocycles. The first-order valence-electron chi connectivity index (χ1n) is 2.73. The van der Waals surface area contributed by atoms with Crippen LogP contribution in [0, 0.1) is 0 Å². The lowest BCUT2D eigenvalue weighted by atomic mass is 10.5. The molecule has 0 fully saturated rings. The molecule has 0 aromatic carbocycles. The van der Waals surface area contributed by atoms with Gasteiger partial charge in [-0.3, -0.25) is 0 Å². The molecular formula is C5H8N2OS. The molecule has 0 atom stereocenters. The van der Waals surface area contributed by atoms with Crippen LogP contribution in [0.2, 0.25) is 0 Å². The van der Waals surface area contributed by atoms with E-state index in [0.717, 1.165) is 6.42 Å². The maximum absolute atomic E-state index is 5.12. The van der Waals surface area contributed by atoms with Crippen molar-refractivity contribution in [3.8, 4) is 0 Å². The van der Waals surface area contributed by atoms with Crippen LogP contribution < -0.4 is 0 Å². The second kappa shape index (κ2) is 2.87. The summed E-state index contributed by atoms with van der Waals surface area (Å²) in [6, 6.07) is 0. The number of hydrogen-bond acceptors (Lipinski definition) is 4. The van der Waals surface area contributed by atoms with E-state index in [1.165, 1.54) is 11.8 Å². The van der Waals surface area contributed by atoms with Gasteiger partial charge in [-0.1, -0.05) is 18.7 Å². The number of thioether (sulfide) groups is 1. The maximum atomic E-state index is 5.12. The first kappa shape index (κ1) is 6.61. The van der Waals surface area contributed by atoms with E-state index >= 15 is 0 Å². The molecule has 0 bridgehead atoms. The van der Waals surface area contributed by atoms with Crippen molar-refractivity contribution in [2.75, 3.05) is 6.26 Å². The van der Waals surface area contributed by atoms with Crippen LogP contribution in [-0.4, -0.2) is 16.5 Å². The van der Waals surface area contributed by atoms with Crippen molar-refractivity contribution in [1.82, 2.24) is 10.2 Å². The Morgan fingerprint density at radius 2 is 2.33 bits per heavy atom. The number of rotatable bonds is 2. The van der Waals surface area contributed by atoms with Gasteiger partial charge in [0, 0.05) is 6.42 Å². The molecule has 0 saturated heterocycles. The second-order valence-electron chi connectivity index (χ2n) is 1.52. The predicted molar refractivity (Wildman–Crippen MR) is 35.5 cm³/mol. The van der Waals surface area contributed by atoms with E-state index < -0.39 is 0 Å². The van der Waals surface area contributed by atoms with Crippen molar-refractivity contribution < 1.29 is 4.42 Å². The fourth-order valence-corrected chi connectivity index (χ4v) is 0.766. The van der Waals surface area contributed by atoms with Gasteiger partial charge in [-0.25, -0.2) is 0 Å². The van der Waals surface area contributed by atoms with Crippen molar-refractivity contribution in [1.29, 1.82) is 0 Å². The van der Waals surface area contributed by atoms with Crippen LogP contribution in [0.3, 0.4) is 0 Å². The Hall–Kier alpha value is -0.510. The van der Waals surface area contributed by atoms with Gasteiger partial charge in [0.1, 0.15) is 0 Å². The minimum Gasteiger partial charge on any atom is -0.416 e. The molecule has 1 aromatic heterocycles. The van der Waals surface area contributed by atoms with E-state index in [1.807, 2.05) is 13.2 Å². The van der Waals surface area contributed by atoms with Gasteiger partial charge in [-0.15, -0.1) is 10.2 Å². The van der Waals surface area contributed by atoms with Crippen molar-refractivity contribution >= 4 is 11.8 Å². The summed E-state index contributed by atoms with van der Waals surface area (Å²) < 4.78 is 5.12. The quantitative estimate of drug-likeness (QED) is 0.587. The Bertz CT molecular complexity index is 168. The summed E-state index contributed by atoms with van der Waals surface area (Å²) in [6.45, 7) is 1.98. The molecule has 0 aliphatic rings. The minimum atomic E-state index is 0.645. The molecule has 0 unspecified atom stereocenters. The lowest BCUT2D eigenvalue weighted by Crippen LogP contribution is -1.76. The van der Waals surface area contributed by atoms with E-state index in [1.54, 1.807) is 0 Å². The highest BCUT2D eigenvalue weighted by Crippen LogP contribution is 2.11. The van der Waals surface area contributed by atoms with Crippen LogP contribution in [0.25, 0.3) is 0 Å². The van der Waals surface area contributed by atoms with Crippen molar-refractivity contribution in [2.45, 2.75) is 18.6 Å². The highest BCUT2D eigenvalue weighted by molar-refractivity contribution is 7.98. The second-order valence-corrected chi connectivity index (χ2v) is 2.28. The molecular weight excluding hydrogens is 136 g/mol. The van der Waals surface area contributed by atoms with Gasteiger partial charge in [0.05, 0.1) is 0 Å². The molecule has 0 radical (unpaired) electrons. The summed E-state index contributed by atoms with van der Waals surface area (Å²) in [5, 5.41) is 8.17. The smallest absolute Gasteiger partial charge is 0.276 e. The third-order valence-electron chi connectivity index (χ3n) is 0.925. The van der Waals surface area contributed by atoms with E-state index in [-0.39, 0.29) is 0 Å².